The Labute approximate surface area is 78.8 Å². The van der Waals surface area contributed by atoms with E-state index in [2.05, 4.69) is 10.2 Å². The maximum Gasteiger partial charge on any atom is 0.267 e. The molecule has 0 saturated heterocycles. The third kappa shape index (κ3) is 2.83. The van der Waals surface area contributed by atoms with Crippen LogP contribution in [0, 0.1) is 0 Å². The monoisotopic (exact) mass is 221 g/mol. The van der Waals surface area contributed by atoms with Crippen LogP contribution in [0.5, 0.6) is 0 Å². The van der Waals surface area contributed by atoms with E-state index in [1.165, 1.54) is 6.92 Å². The molecule has 8 heteroatoms. The summed E-state index contributed by atoms with van der Waals surface area (Å²) in [6.45, 7) is 1.39. The summed E-state index contributed by atoms with van der Waals surface area (Å²) >= 11 is 0.812. The first-order chi connectivity index (χ1) is 5.89. The Bertz CT molecular complexity index is 422. The first kappa shape index (κ1) is 10.2. The van der Waals surface area contributed by atoms with Gasteiger partial charge in [0.05, 0.1) is 6.42 Å². The Morgan fingerprint density at radius 2 is 2.15 bits per heavy atom. The molecule has 0 saturated carbocycles. The van der Waals surface area contributed by atoms with Crippen molar-refractivity contribution in [2.24, 2.45) is 5.14 Å². The molecule has 1 aromatic rings. The number of hydrogen-bond acceptors (Lipinski definition) is 6. The summed E-state index contributed by atoms with van der Waals surface area (Å²) in [5.74, 6) is -0.0999. The minimum atomic E-state index is -3.78. The summed E-state index contributed by atoms with van der Waals surface area (Å²) in [5.41, 5.74) is 0. The summed E-state index contributed by atoms with van der Waals surface area (Å²) in [5, 5.41) is 12.0. The second-order valence-electron chi connectivity index (χ2n) is 2.39. The van der Waals surface area contributed by atoms with E-state index in [-0.39, 0.29) is 16.5 Å². The molecule has 2 N–H and O–H groups in total. The van der Waals surface area contributed by atoms with Gasteiger partial charge in [0, 0.05) is 0 Å². The first-order valence-corrected chi connectivity index (χ1v) is 5.60. The van der Waals surface area contributed by atoms with Crippen molar-refractivity contribution in [1.29, 1.82) is 0 Å². The molecule has 0 aromatic carbocycles. The van der Waals surface area contributed by atoms with Gasteiger partial charge in [-0.15, -0.1) is 10.2 Å². The maximum absolute atomic E-state index is 10.7. The van der Waals surface area contributed by atoms with E-state index in [1.807, 2.05) is 0 Å². The fourth-order valence-corrected chi connectivity index (χ4v) is 2.19. The number of ketones is 1. The van der Waals surface area contributed by atoms with Crippen LogP contribution < -0.4 is 5.14 Å². The van der Waals surface area contributed by atoms with E-state index < -0.39 is 10.0 Å². The quantitative estimate of drug-likeness (QED) is 0.728. The molecular weight excluding hydrogens is 214 g/mol. The first-order valence-electron chi connectivity index (χ1n) is 3.24. The summed E-state index contributed by atoms with van der Waals surface area (Å²) in [6, 6.07) is 0. The van der Waals surface area contributed by atoms with Crippen LogP contribution in [0.1, 0.15) is 11.9 Å². The molecule has 1 heterocycles. The Balaban J connectivity index is 2.94. The molecule has 1 aromatic heterocycles. The lowest BCUT2D eigenvalue weighted by atomic mass is 10.3. The van der Waals surface area contributed by atoms with Crippen LogP contribution in [0.2, 0.25) is 0 Å². The van der Waals surface area contributed by atoms with E-state index in [0.29, 0.717) is 5.01 Å². The smallest absolute Gasteiger partial charge is 0.267 e. The van der Waals surface area contributed by atoms with Crippen molar-refractivity contribution in [2.45, 2.75) is 17.7 Å². The number of hydrogen-bond donors (Lipinski definition) is 1. The average Bonchev–Trinajstić information content (AvgIpc) is 2.32. The summed E-state index contributed by atoms with van der Waals surface area (Å²) < 4.78 is 21.2. The molecule has 0 aliphatic rings. The van der Waals surface area contributed by atoms with Gasteiger partial charge in [-0.1, -0.05) is 11.3 Å². The van der Waals surface area contributed by atoms with Gasteiger partial charge >= 0.3 is 0 Å². The van der Waals surface area contributed by atoms with Gasteiger partial charge in [0.1, 0.15) is 10.8 Å². The molecule has 0 radical (unpaired) electrons. The summed E-state index contributed by atoms with van der Waals surface area (Å²) in [6.07, 6.45) is 0.0905. The zero-order valence-corrected chi connectivity index (χ0v) is 8.35. The molecule has 0 aliphatic carbocycles. The molecule has 0 atom stereocenters. The Hall–Kier alpha value is -0.860. The molecule has 0 spiro atoms. The van der Waals surface area contributed by atoms with E-state index in [1.54, 1.807) is 0 Å². The maximum atomic E-state index is 10.7. The van der Waals surface area contributed by atoms with E-state index in [0.717, 1.165) is 11.3 Å². The zero-order valence-electron chi connectivity index (χ0n) is 6.72. The number of nitrogens with two attached hydrogens (primary N) is 1. The SMILES string of the molecule is CC(=O)Cc1nnc(S(N)(=O)=O)s1. The molecule has 0 amide bonds. The molecule has 1 rings (SSSR count). The molecule has 13 heavy (non-hydrogen) atoms. The largest absolute Gasteiger partial charge is 0.300 e. The summed E-state index contributed by atoms with van der Waals surface area (Å²) in [7, 11) is -3.78. The van der Waals surface area contributed by atoms with Crippen LogP contribution in [0.3, 0.4) is 0 Å². The summed E-state index contributed by atoms with van der Waals surface area (Å²) in [4.78, 5) is 10.6. The second-order valence-corrected chi connectivity index (χ2v) is 5.18. The third-order valence-electron chi connectivity index (χ3n) is 1.09. The highest BCUT2D eigenvalue weighted by atomic mass is 32.2. The Morgan fingerprint density at radius 1 is 1.54 bits per heavy atom. The molecule has 0 unspecified atom stereocenters. The molecule has 0 fully saturated rings. The van der Waals surface area contributed by atoms with E-state index in [4.69, 9.17) is 5.14 Å². The van der Waals surface area contributed by atoms with Gasteiger partial charge in [0.25, 0.3) is 10.0 Å². The van der Waals surface area contributed by atoms with Crippen molar-refractivity contribution in [3.8, 4) is 0 Å². The van der Waals surface area contributed by atoms with Crippen LogP contribution in [0.4, 0.5) is 0 Å². The van der Waals surface area contributed by atoms with Crippen molar-refractivity contribution in [1.82, 2.24) is 10.2 Å². The second kappa shape index (κ2) is 3.48. The highest BCUT2D eigenvalue weighted by molar-refractivity contribution is 7.91. The van der Waals surface area contributed by atoms with Gasteiger partial charge in [0.2, 0.25) is 4.34 Å². The fraction of sp³-hybridized carbons (Fsp3) is 0.400. The van der Waals surface area contributed by atoms with Gasteiger partial charge in [-0.2, -0.15) is 0 Å². The standard InChI is InChI=1S/C5H7N3O3S2/c1-3(9)2-4-7-8-5(12-4)13(6,10)11/h2H2,1H3,(H2,6,10,11). The van der Waals surface area contributed by atoms with Crippen LogP contribution in [0.25, 0.3) is 0 Å². The zero-order chi connectivity index (χ0) is 10.1. The van der Waals surface area contributed by atoms with Gasteiger partial charge < -0.3 is 0 Å². The van der Waals surface area contributed by atoms with Crippen LogP contribution in [-0.4, -0.2) is 24.4 Å². The lowest BCUT2D eigenvalue weighted by molar-refractivity contribution is -0.116. The lowest BCUT2D eigenvalue weighted by Gasteiger charge is -1.86. The number of nitrogens with zero attached hydrogens (tertiary/aromatic N) is 2. The highest BCUT2D eigenvalue weighted by Gasteiger charge is 2.15. The normalized spacial score (nSPS) is 11.5. The number of carbonyl (C=O) groups excluding carboxylic acids is 1. The minimum Gasteiger partial charge on any atom is -0.300 e. The van der Waals surface area contributed by atoms with Gasteiger partial charge in [0.15, 0.2) is 0 Å². The highest BCUT2D eigenvalue weighted by Crippen LogP contribution is 2.14. The van der Waals surface area contributed by atoms with Crippen molar-refractivity contribution in [3.05, 3.63) is 5.01 Å². The number of sulfonamides is 1. The average molecular weight is 221 g/mol. The van der Waals surface area contributed by atoms with Gasteiger partial charge in [-0.05, 0) is 6.92 Å². The predicted molar refractivity (Wildman–Crippen MR) is 45.7 cm³/mol. The van der Waals surface area contributed by atoms with E-state index >= 15 is 0 Å². The molecule has 6 nitrogen and oxygen atoms in total. The van der Waals surface area contributed by atoms with Crippen molar-refractivity contribution in [2.75, 3.05) is 0 Å². The van der Waals surface area contributed by atoms with Crippen molar-refractivity contribution in [3.63, 3.8) is 0 Å². The van der Waals surface area contributed by atoms with Gasteiger partial charge in [-0.3, -0.25) is 4.79 Å². The number of Topliss-reactive ketones (excluding diaryl/α,β-unsaturated/α-hetero) is 1. The predicted octanol–water partition coefficient (Wildman–Crippen LogP) is -0.683. The number of aromatic nitrogens is 2. The van der Waals surface area contributed by atoms with Gasteiger partial charge in [-0.25, -0.2) is 13.6 Å². The molecule has 72 valence electrons. The Kier molecular flexibility index (Phi) is 2.74. The van der Waals surface area contributed by atoms with E-state index in [9.17, 15) is 13.2 Å². The van der Waals surface area contributed by atoms with Crippen LogP contribution in [-0.2, 0) is 21.2 Å². The third-order valence-corrected chi connectivity index (χ3v) is 3.33. The van der Waals surface area contributed by atoms with Crippen molar-refractivity contribution < 1.29 is 13.2 Å². The van der Waals surface area contributed by atoms with Crippen LogP contribution in [0.15, 0.2) is 4.34 Å². The molecular formula is C5H7N3O3S2. The molecule has 0 bridgehead atoms. The number of carbonyl (C=O) groups is 1. The topological polar surface area (TPSA) is 103 Å². The number of primary sulfonamides is 1. The lowest BCUT2D eigenvalue weighted by Crippen LogP contribution is -2.11. The van der Waals surface area contributed by atoms with Crippen molar-refractivity contribution >= 4 is 27.1 Å². The fourth-order valence-electron chi connectivity index (χ4n) is 0.638. The number of rotatable bonds is 3. The van der Waals surface area contributed by atoms with Crippen LogP contribution >= 0.6 is 11.3 Å². The minimum absolute atomic E-state index is 0.0905. The molecule has 0 aliphatic heterocycles. The Morgan fingerprint density at radius 3 is 2.54 bits per heavy atom.